The van der Waals surface area contributed by atoms with E-state index in [1.807, 2.05) is 38.1 Å². The Bertz CT molecular complexity index is 753. The Labute approximate surface area is 149 Å². The first-order valence-corrected chi connectivity index (χ1v) is 8.74. The summed E-state index contributed by atoms with van der Waals surface area (Å²) < 4.78 is 0. The number of carbonyl (C=O) groups is 2. The zero-order valence-corrected chi connectivity index (χ0v) is 15.2. The molecule has 0 aliphatic carbocycles. The van der Waals surface area contributed by atoms with E-state index in [0.717, 1.165) is 29.5 Å². The Morgan fingerprint density at radius 2 is 1.80 bits per heavy atom. The first-order chi connectivity index (χ1) is 12.0. The van der Waals surface area contributed by atoms with Crippen molar-refractivity contribution < 1.29 is 9.59 Å². The summed E-state index contributed by atoms with van der Waals surface area (Å²) in [4.78, 5) is 24.8. The molecule has 0 radical (unpaired) electrons. The smallest absolute Gasteiger partial charge is 0.253 e. The molecule has 0 aromatic heterocycles. The highest BCUT2D eigenvalue weighted by Crippen LogP contribution is 2.17. The van der Waals surface area contributed by atoms with Crippen molar-refractivity contribution in [2.75, 3.05) is 11.9 Å². The number of hydrogen-bond acceptors (Lipinski definition) is 2. The first kappa shape index (κ1) is 18.7. The monoisotopic (exact) mass is 338 g/mol. The summed E-state index contributed by atoms with van der Waals surface area (Å²) in [6.07, 6.45) is 2.25. The van der Waals surface area contributed by atoms with Crippen molar-refractivity contribution in [2.24, 2.45) is 0 Å². The van der Waals surface area contributed by atoms with Gasteiger partial charge in [0.25, 0.3) is 5.91 Å². The molecule has 2 rings (SSSR count). The summed E-state index contributed by atoms with van der Waals surface area (Å²) in [5.41, 5.74) is 4.26. The molecule has 0 unspecified atom stereocenters. The van der Waals surface area contributed by atoms with Gasteiger partial charge in [0.1, 0.15) is 0 Å². The van der Waals surface area contributed by atoms with Crippen molar-refractivity contribution in [1.29, 1.82) is 0 Å². The minimum Gasteiger partial charge on any atom is -0.352 e. The molecule has 0 heterocycles. The van der Waals surface area contributed by atoms with Crippen molar-refractivity contribution in [3.8, 4) is 0 Å². The highest BCUT2D eigenvalue weighted by Gasteiger charge is 2.13. The summed E-state index contributed by atoms with van der Waals surface area (Å²) in [7, 11) is 0. The van der Waals surface area contributed by atoms with E-state index in [1.165, 1.54) is 0 Å². The van der Waals surface area contributed by atoms with Crippen LogP contribution in [0.1, 0.15) is 46.8 Å². The summed E-state index contributed by atoms with van der Waals surface area (Å²) in [6.45, 7) is 6.72. The van der Waals surface area contributed by atoms with Crippen LogP contribution in [0.4, 0.5) is 5.69 Å². The van der Waals surface area contributed by atoms with E-state index in [9.17, 15) is 9.59 Å². The molecule has 4 nitrogen and oxygen atoms in total. The van der Waals surface area contributed by atoms with Gasteiger partial charge in [0, 0.05) is 6.54 Å². The van der Waals surface area contributed by atoms with Gasteiger partial charge in [0.05, 0.1) is 17.7 Å². The third-order valence-electron chi connectivity index (χ3n) is 4.12. The minimum absolute atomic E-state index is 0.123. The maximum absolute atomic E-state index is 12.4. The topological polar surface area (TPSA) is 58.2 Å². The first-order valence-electron chi connectivity index (χ1n) is 8.74. The Kier molecular flexibility index (Phi) is 6.75. The van der Waals surface area contributed by atoms with Crippen LogP contribution in [0.3, 0.4) is 0 Å². The van der Waals surface area contributed by atoms with E-state index < -0.39 is 0 Å². The molecule has 2 aromatic rings. The van der Waals surface area contributed by atoms with Crippen LogP contribution < -0.4 is 10.6 Å². The van der Waals surface area contributed by atoms with Gasteiger partial charge in [-0.2, -0.15) is 0 Å². The van der Waals surface area contributed by atoms with Gasteiger partial charge in [-0.1, -0.05) is 49.2 Å². The molecule has 0 saturated carbocycles. The molecule has 2 N–H and O–H groups in total. The third-order valence-corrected chi connectivity index (χ3v) is 4.12. The van der Waals surface area contributed by atoms with Gasteiger partial charge in [-0.15, -0.1) is 0 Å². The lowest BCUT2D eigenvalue weighted by molar-refractivity contribution is -0.115. The molecular weight excluding hydrogens is 312 g/mol. The van der Waals surface area contributed by atoms with Crippen LogP contribution in [-0.4, -0.2) is 18.4 Å². The Balaban J connectivity index is 2.08. The molecule has 0 aliphatic rings. The van der Waals surface area contributed by atoms with Gasteiger partial charge >= 0.3 is 0 Å². The molecule has 2 aromatic carbocycles. The summed E-state index contributed by atoms with van der Waals surface area (Å²) in [5, 5.41) is 5.77. The fourth-order valence-corrected chi connectivity index (χ4v) is 2.62. The Morgan fingerprint density at radius 3 is 2.56 bits per heavy atom. The lowest BCUT2D eigenvalue weighted by Gasteiger charge is -2.12. The molecule has 0 spiro atoms. The number of carbonyl (C=O) groups excluding carboxylic acids is 2. The summed E-state index contributed by atoms with van der Waals surface area (Å²) in [5.74, 6) is -0.279. The van der Waals surface area contributed by atoms with Crippen LogP contribution in [-0.2, 0) is 11.2 Å². The number of benzene rings is 2. The summed E-state index contributed by atoms with van der Waals surface area (Å²) >= 11 is 0. The van der Waals surface area contributed by atoms with Crippen LogP contribution in [0, 0.1) is 13.8 Å². The van der Waals surface area contributed by atoms with Crippen LogP contribution in [0.25, 0.3) is 0 Å². The number of amides is 2. The predicted molar refractivity (Wildman–Crippen MR) is 102 cm³/mol. The number of rotatable bonds is 7. The largest absolute Gasteiger partial charge is 0.352 e. The van der Waals surface area contributed by atoms with E-state index >= 15 is 0 Å². The fraction of sp³-hybridized carbons (Fsp3) is 0.333. The number of aryl methyl sites for hydroxylation is 2. The average Bonchev–Trinajstić information content (AvgIpc) is 2.58. The zero-order valence-electron chi connectivity index (χ0n) is 15.2. The molecule has 4 heteroatoms. The Morgan fingerprint density at radius 1 is 1.04 bits per heavy atom. The van der Waals surface area contributed by atoms with E-state index in [2.05, 4.69) is 17.6 Å². The average molecular weight is 338 g/mol. The second-order valence-electron chi connectivity index (χ2n) is 6.31. The lowest BCUT2D eigenvalue weighted by Crippen LogP contribution is -2.26. The molecule has 0 saturated heterocycles. The highest BCUT2D eigenvalue weighted by molar-refractivity contribution is 6.04. The third kappa shape index (κ3) is 5.45. The van der Waals surface area contributed by atoms with Crippen molar-refractivity contribution in [3.05, 3.63) is 64.7 Å². The van der Waals surface area contributed by atoms with Gasteiger partial charge < -0.3 is 10.6 Å². The van der Waals surface area contributed by atoms with E-state index in [4.69, 9.17) is 0 Å². The number of unbranched alkanes of at least 4 members (excludes halogenated alkanes) is 1. The molecule has 0 aliphatic heterocycles. The SMILES string of the molecule is CCCCNC(=O)c1ccccc1NC(=O)Cc1cc(C)ccc1C. The van der Waals surface area contributed by atoms with Crippen molar-refractivity contribution >= 4 is 17.5 Å². The van der Waals surface area contributed by atoms with Gasteiger partial charge in [0.15, 0.2) is 0 Å². The fourth-order valence-electron chi connectivity index (χ4n) is 2.62. The standard InChI is InChI=1S/C21H26N2O2/c1-4-5-12-22-21(25)18-8-6-7-9-19(18)23-20(24)14-17-13-15(2)10-11-16(17)3/h6-11,13H,4-5,12,14H2,1-3H3,(H,22,25)(H,23,24). The lowest BCUT2D eigenvalue weighted by atomic mass is 10.0. The van der Waals surface area contributed by atoms with Gasteiger partial charge in [-0.05, 0) is 43.5 Å². The normalized spacial score (nSPS) is 10.4. The molecule has 2 amide bonds. The second-order valence-corrected chi connectivity index (χ2v) is 6.31. The zero-order chi connectivity index (χ0) is 18.2. The quantitative estimate of drug-likeness (QED) is 0.749. The van der Waals surface area contributed by atoms with Crippen LogP contribution in [0.15, 0.2) is 42.5 Å². The predicted octanol–water partition coefficient (Wildman–Crippen LogP) is 4.01. The van der Waals surface area contributed by atoms with E-state index in [1.54, 1.807) is 18.2 Å². The molecule has 0 bridgehead atoms. The maximum atomic E-state index is 12.4. The number of hydrogen-bond donors (Lipinski definition) is 2. The van der Waals surface area contributed by atoms with E-state index in [0.29, 0.717) is 24.2 Å². The highest BCUT2D eigenvalue weighted by atomic mass is 16.2. The second kappa shape index (κ2) is 9.02. The van der Waals surface area contributed by atoms with Crippen molar-refractivity contribution in [3.63, 3.8) is 0 Å². The van der Waals surface area contributed by atoms with Gasteiger partial charge in [-0.25, -0.2) is 0 Å². The van der Waals surface area contributed by atoms with Crippen molar-refractivity contribution in [2.45, 2.75) is 40.0 Å². The number of nitrogens with one attached hydrogen (secondary N) is 2. The van der Waals surface area contributed by atoms with Crippen LogP contribution >= 0.6 is 0 Å². The molecular formula is C21H26N2O2. The molecule has 132 valence electrons. The van der Waals surface area contributed by atoms with Crippen LogP contribution in [0.5, 0.6) is 0 Å². The number of anilines is 1. The van der Waals surface area contributed by atoms with Gasteiger partial charge in [-0.3, -0.25) is 9.59 Å². The number of para-hydroxylation sites is 1. The molecule has 25 heavy (non-hydrogen) atoms. The maximum Gasteiger partial charge on any atom is 0.253 e. The Hall–Kier alpha value is -2.62. The van der Waals surface area contributed by atoms with Crippen molar-refractivity contribution in [1.82, 2.24) is 5.32 Å². The summed E-state index contributed by atoms with van der Waals surface area (Å²) in [6, 6.07) is 13.2. The van der Waals surface area contributed by atoms with Gasteiger partial charge in [0.2, 0.25) is 5.91 Å². The van der Waals surface area contributed by atoms with Crippen LogP contribution in [0.2, 0.25) is 0 Å². The van der Waals surface area contributed by atoms with E-state index in [-0.39, 0.29) is 11.8 Å². The molecule has 0 atom stereocenters. The minimum atomic E-state index is -0.156. The molecule has 0 fully saturated rings.